The van der Waals surface area contributed by atoms with Crippen LogP contribution in [0.25, 0.3) is 0 Å². The lowest BCUT2D eigenvalue weighted by Crippen LogP contribution is -2.60. The van der Waals surface area contributed by atoms with Gasteiger partial charge in [0, 0.05) is 13.0 Å². The van der Waals surface area contributed by atoms with E-state index < -0.39 is 84.2 Å². The summed E-state index contributed by atoms with van der Waals surface area (Å²) in [5.41, 5.74) is 17.0. The van der Waals surface area contributed by atoms with E-state index in [9.17, 15) is 38.7 Å². The van der Waals surface area contributed by atoms with Crippen molar-refractivity contribution in [2.75, 3.05) is 32.7 Å². The Morgan fingerprint density at radius 2 is 1.11 bits per heavy atom. The number of aliphatic hydroxyl groups is 1. The summed E-state index contributed by atoms with van der Waals surface area (Å²) < 4.78 is 0. The van der Waals surface area contributed by atoms with Crippen LogP contribution in [0.5, 0.6) is 0 Å². The third-order valence-electron chi connectivity index (χ3n) is 7.01. The van der Waals surface area contributed by atoms with Gasteiger partial charge in [0.15, 0.2) is 0 Å². The van der Waals surface area contributed by atoms with Crippen LogP contribution in [0, 0.1) is 5.92 Å². The number of aliphatic hydroxyl groups excluding tert-OH is 1. The second-order valence-corrected chi connectivity index (χ2v) is 11.6. The monoisotopic (exact) mass is 656 g/mol. The maximum atomic E-state index is 13.3. The lowest BCUT2D eigenvalue weighted by molar-refractivity contribution is -0.135. The minimum absolute atomic E-state index is 0.000240. The molecule has 0 bridgehead atoms. The zero-order chi connectivity index (χ0) is 34.8. The smallest absolute Gasteiger partial charge is 0.245 e. The van der Waals surface area contributed by atoms with Crippen molar-refractivity contribution >= 4 is 41.4 Å². The van der Waals surface area contributed by atoms with E-state index in [2.05, 4.69) is 37.2 Å². The second-order valence-electron chi connectivity index (χ2n) is 11.6. The van der Waals surface area contributed by atoms with Crippen LogP contribution in [0.15, 0.2) is 0 Å². The average Bonchev–Trinajstić information content (AvgIpc) is 2.98. The summed E-state index contributed by atoms with van der Waals surface area (Å²) in [6.07, 6.45) is -1.03. The molecule has 7 amide bonds. The van der Waals surface area contributed by atoms with Gasteiger partial charge in [-0.15, -0.1) is 0 Å². The Kier molecular flexibility index (Phi) is 18.4. The summed E-state index contributed by atoms with van der Waals surface area (Å²) in [6, 6.07) is -5.96. The van der Waals surface area contributed by atoms with Crippen LogP contribution in [0.4, 0.5) is 0 Å². The Balaban J connectivity index is 3.37. The molecule has 18 heteroatoms. The highest BCUT2D eigenvalue weighted by molar-refractivity contribution is 5.96. The molecule has 1 aliphatic rings. The molecule has 0 aliphatic carbocycles. The molecule has 0 radical (unpaired) electrons. The van der Waals surface area contributed by atoms with Crippen LogP contribution in [0.1, 0.15) is 59.3 Å². The minimum atomic E-state index is -1.40. The fraction of sp³-hybridized carbons (Fsp3) is 0.750. The standard InChI is InChI=1S/C28H52N10O8/c1-15(2)13-20-27(45)37-18(7-10-30)25(43)36-19(8-11-31)26(44)38-23(16(3)39)28(46)32-12-4-5-21(40)34-17(6-9-29)24(42)33-14-22(41)35-20/h15-20,23,39H,4-14,29-31H2,1-3H3,(H,32,46)(H,33,42)(H,34,40)(H,35,41)(H,36,43)(H,37,45)(H,38,44)/t16-,17+,18+,19+,20+,23+/m1/s1. The van der Waals surface area contributed by atoms with Crippen molar-refractivity contribution in [3.63, 3.8) is 0 Å². The van der Waals surface area contributed by atoms with E-state index in [0.29, 0.717) is 0 Å². The van der Waals surface area contributed by atoms with Gasteiger partial charge in [0.25, 0.3) is 0 Å². The van der Waals surface area contributed by atoms with Crippen LogP contribution >= 0.6 is 0 Å². The number of hydrogen-bond donors (Lipinski definition) is 11. The predicted molar refractivity (Wildman–Crippen MR) is 167 cm³/mol. The summed E-state index contributed by atoms with van der Waals surface area (Å²) in [5.74, 6) is -4.90. The zero-order valence-corrected chi connectivity index (χ0v) is 26.9. The largest absolute Gasteiger partial charge is 0.391 e. The molecule has 14 N–H and O–H groups in total. The number of rotatable bonds is 9. The summed E-state index contributed by atoms with van der Waals surface area (Å²) >= 11 is 0. The molecule has 1 aliphatic heterocycles. The third-order valence-corrected chi connectivity index (χ3v) is 7.01. The summed E-state index contributed by atoms with van der Waals surface area (Å²) in [7, 11) is 0. The molecule has 1 heterocycles. The van der Waals surface area contributed by atoms with E-state index in [1.807, 2.05) is 13.8 Å². The van der Waals surface area contributed by atoms with E-state index >= 15 is 0 Å². The molecule has 0 saturated carbocycles. The van der Waals surface area contributed by atoms with Crippen molar-refractivity contribution in [2.45, 2.75) is 95.6 Å². The Morgan fingerprint density at radius 3 is 1.61 bits per heavy atom. The van der Waals surface area contributed by atoms with Gasteiger partial charge in [-0.25, -0.2) is 0 Å². The fourth-order valence-corrected chi connectivity index (χ4v) is 4.59. The second kappa shape index (κ2) is 21.0. The quantitative estimate of drug-likeness (QED) is 0.112. The van der Waals surface area contributed by atoms with E-state index in [0.717, 1.165) is 0 Å². The molecule has 0 aromatic carbocycles. The fourth-order valence-electron chi connectivity index (χ4n) is 4.59. The highest BCUT2D eigenvalue weighted by Gasteiger charge is 2.32. The van der Waals surface area contributed by atoms with Crippen LogP contribution in [0.2, 0.25) is 0 Å². The number of amides is 7. The van der Waals surface area contributed by atoms with Gasteiger partial charge in [-0.3, -0.25) is 33.6 Å². The van der Waals surface area contributed by atoms with Crippen molar-refractivity contribution in [1.82, 2.24) is 37.2 Å². The zero-order valence-electron chi connectivity index (χ0n) is 26.9. The van der Waals surface area contributed by atoms with Crippen LogP contribution in [-0.2, 0) is 33.6 Å². The van der Waals surface area contributed by atoms with E-state index in [1.165, 1.54) is 6.92 Å². The van der Waals surface area contributed by atoms with Gasteiger partial charge in [0.05, 0.1) is 12.6 Å². The predicted octanol–water partition coefficient (Wildman–Crippen LogP) is -5.09. The van der Waals surface area contributed by atoms with Crippen LogP contribution in [-0.4, -0.2) is 115 Å². The van der Waals surface area contributed by atoms with Gasteiger partial charge >= 0.3 is 0 Å². The van der Waals surface area contributed by atoms with Gasteiger partial charge in [-0.05, 0) is 64.6 Å². The molecule has 262 valence electrons. The summed E-state index contributed by atoms with van der Waals surface area (Å²) in [5, 5.41) is 27.8. The van der Waals surface area contributed by atoms with Crippen LogP contribution < -0.4 is 54.4 Å². The Morgan fingerprint density at radius 1 is 0.630 bits per heavy atom. The van der Waals surface area contributed by atoms with E-state index in [4.69, 9.17) is 17.2 Å². The molecule has 18 nitrogen and oxygen atoms in total. The van der Waals surface area contributed by atoms with Gasteiger partial charge in [-0.2, -0.15) is 0 Å². The number of carbonyl (C=O) groups excluding carboxylic acids is 7. The first kappa shape index (κ1) is 40.2. The van der Waals surface area contributed by atoms with Crippen molar-refractivity contribution in [3.05, 3.63) is 0 Å². The Labute approximate surface area is 268 Å². The molecular formula is C28H52N10O8. The third kappa shape index (κ3) is 14.5. The number of carbonyl (C=O) groups is 7. The molecule has 6 atom stereocenters. The minimum Gasteiger partial charge on any atom is -0.391 e. The molecule has 0 spiro atoms. The molecule has 0 aromatic heterocycles. The topological polar surface area (TPSA) is 302 Å². The Hall–Kier alpha value is -3.87. The van der Waals surface area contributed by atoms with Crippen molar-refractivity contribution < 1.29 is 38.7 Å². The van der Waals surface area contributed by atoms with Crippen molar-refractivity contribution in [3.8, 4) is 0 Å². The molecule has 0 unspecified atom stereocenters. The summed E-state index contributed by atoms with van der Waals surface area (Å²) in [6.45, 7) is 4.47. The molecular weight excluding hydrogens is 604 g/mol. The number of hydrogen-bond acceptors (Lipinski definition) is 11. The maximum Gasteiger partial charge on any atom is 0.245 e. The van der Waals surface area contributed by atoms with Gasteiger partial charge in [-0.1, -0.05) is 13.8 Å². The SMILES string of the molecule is CC(C)C[C@@H]1NC(=O)CNC(=O)[C@H](CCN)NC(=O)CCCNC(=O)[C@H]([C@@H](C)O)NC(=O)[C@H](CCN)NC(=O)[C@H](CCN)NC1=O. The molecule has 46 heavy (non-hydrogen) atoms. The Bertz CT molecular complexity index is 1060. The molecule has 1 fully saturated rings. The van der Waals surface area contributed by atoms with Gasteiger partial charge in [0.1, 0.15) is 30.2 Å². The first-order chi connectivity index (χ1) is 21.7. The maximum absolute atomic E-state index is 13.3. The van der Waals surface area contributed by atoms with E-state index in [-0.39, 0.29) is 70.6 Å². The average molecular weight is 657 g/mol. The molecule has 1 saturated heterocycles. The van der Waals surface area contributed by atoms with Crippen molar-refractivity contribution in [1.29, 1.82) is 0 Å². The first-order valence-electron chi connectivity index (χ1n) is 15.6. The van der Waals surface area contributed by atoms with Gasteiger partial charge in [0.2, 0.25) is 41.4 Å². The highest BCUT2D eigenvalue weighted by Crippen LogP contribution is 2.07. The van der Waals surface area contributed by atoms with E-state index in [1.54, 1.807) is 0 Å². The summed E-state index contributed by atoms with van der Waals surface area (Å²) in [4.78, 5) is 90.6. The van der Waals surface area contributed by atoms with Crippen molar-refractivity contribution in [2.24, 2.45) is 23.1 Å². The van der Waals surface area contributed by atoms with Gasteiger partial charge < -0.3 is 59.5 Å². The first-order valence-corrected chi connectivity index (χ1v) is 15.6. The molecule has 1 rings (SSSR count). The molecule has 0 aromatic rings. The lowest BCUT2D eigenvalue weighted by Gasteiger charge is -2.27. The van der Waals surface area contributed by atoms with Crippen LogP contribution in [0.3, 0.4) is 0 Å². The highest BCUT2D eigenvalue weighted by atomic mass is 16.3. The number of nitrogens with one attached hydrogen (secondary N) is 7. The lowest BCUT2D eigenvalue weighted by atomic mass is 10.0. The number of nitrogens with two attached hydrogens (primary N) is 3. The normalized spacial score (nSPS) is 26.1.